The number of hydrogen-bond donors (Lipinski definition) is 2. The van der Waals surface area contributed by atoms with Gasteiger partial charge in [-0.2, -0.15) is 0 Å². The number of nitrogens with one attached hydrogen (secondary N) is 2. The summed E-state index contributed by atoms with van der Waals surface area (Å²) in [6.45, 7) is 1.22. The Kier molecular flexibility index (Phi) is 8.42. The maximum absolute atomic E-state index is 12.3. The Bertz CT molecular complexity index is 1150. The zero-order chi connectivity index (χ0) is 24.5. The molecule has 176 valence electrons. The van der Waals surface area contributed by atoms with Gasteiger partial charge in [-0.1, -0.05) is 17.7 Å². The van der Waals surface area contributed by atoms with E-state index in [1.165, 1.54) is 50.6 Å². The molecule has 0 fully saturated rings. The molecule has 34 heavy (non-hydrogen) atoms. The smallest absolute Gasteiger partial charge is 0.338 e. The Hall–Kier alpha value is -4.11. The average Bonchev–Trinajstić information content (AvgIpc) is 2.84. The van der Waals surface area contributed by atoms with Crippen LogP contribution in [-0.4, -0.2) is 42.6 Å². The lowest BCUT2D eigenvalue weighted by atomic mass is 10.2. The van der Waals surface area contributed by atoms with Gasteiger partial charge in [0.2, 0.25) is 0 Å². The molecule has 1 unspecified atom stereocenters. The Morgan fingerprint density at radius 1 is 1.00 bits per heavy atom. The van der Waals surface area contributed by atoms with E-state index in [2.05, 4.69) is 15.6 Å². The molecule has 3 rings (SSSR count). The van der Waals surface area contributed by atoms with Crippen LogP contribution < -0.4 is 20.1 Å². The molecule has 0 bridgehead atoms. The second kappa shape index (κ2) is 11.7. The fourth-order valence-electron chi connectivity index (χ4n) is 2.69. The van der Waals surface area contributed by atoms with E-state index in [9.17, 15) is 14.4 Å². The van der Waals surface area contributed by atoms with Crippen molar-refractivity contribution in [2.45, 2.75) is 13.0 Å². The number of halogens is 1. The second-order valence-corrected chi connectivity index (χ2v) is 7.43. The highest BCUT2D eigenvalue weighted by atomic mass is 35.5. The predicted molar refractivity (Wildman–Crippen MR) is 126 cm³/mol. The zero-order valence-electron chi connectivity index (χ0n) is 18.4. The van der Waals surface area contributed by atoms with E-state index in [0.29, 0.717) is 22.2 Å². The third kappa shape index (κ3) is 7.21. The number of anilines is 2. The summed E-state index contributed by atoms with van der Waals surface area (Å²) in [7, 11) is 1.54. The van der Waals surface area contributed by atoms with E-state index in [1.54, 1.807) is 30.3 Å². The first-order chi connectivity index (χ1) is 16.3. The number of hydrogen-bond acceptors (Lipinski definition) is 7. The van der Waals surface area contributed by atoms with E-state index < -0.39 is 18.0 Å². The number of benzene rings is 2. The predicted octanol–water partition coefficient (Wildman–Crippen LogP) is 3.95. The van der Waals surface area contributed by atoms with Gasteiger partial charge in [-0.25, -0.2) is 9.78 Å². The van der Waals surface area contributed by atoms with Crippen molar-refractivity contribution >= 4 is 40.9 Å². The number of carbonyl (C=O) groups excluding carboxylic acids is 3. The monoisotopic (exact) mass is 483 g/mol. The van der Waals surface area contributed by atoms with Crippen molar-refractivity contribution in [2.75, 3.05) is 24.4 Å². The number of rotatable bonds is 9. The second-order valence-electron chi connectivity index (χ2n) is 6.99. The Balaban J connectivity index is 1.47. The van der Waals surface area contributed by atoms with Crippen molar-refractivity contribution in [1.29, 1.82) is 0 Å². The molecule has 0 aliphatic rings. The number of aromatic nitrogens is 1. The maximum atomic E-state index is 12.3. The molecule has 2 amide bonds. The van der Waals surface area contributed by atoms with E-state index in [0.717, 1.165) is 0 Å². The van der Waals surface area contributed by atoms with Gasteiger partial charge in [-0.05, 0) is 55.5 Å². The van der Waals surface area contributed by atoms with Gasteiger partial charge in [0.05, 0.1) is 17.7 Å². The minimum atomic E-state index is -1.05. The molecular formula is C24H22ClN3O6. The fraction of sp³-hybridized carbons (Fsp3) is 0.167. The van der Waals surface area contributed by atoms with Crippen LogP contribution >= 0.6 is 11.6 Å². The van der Waals surface area contributed by atoms with Crippen molar-refractivity contribution in [3.63, 3.8) is 0 Å². The highest BCUT2D eigenvalue weighted by Gasteiger charge is 2.19. The van der Waals surface area contributed by atoms with Crippen LogP contribution in [0.5, 0.6) is 11.5 Å². The summed E-state index contributed by atoms with van der Waals surface area (Å²) in [5.74, 6) is -0.285. The van der Waals surface area contributed by atoms with Crippen LogP contribution in [-0.2, 0) is 14.3 Å². The third-order valence-corrected chi connectivity index (χ3v) is 4.67. The highest BCUT2D eigenvalue weighted by molar-refractivity contribution is 6.30. The van der Waals surface area contributed by atoms with Crippen LogP contribution in [0.1, 0.15) is 17.3 Å². The number of esters is 1. The third-order valence-electron chi connectivity index (χ3n) is 4.45. The van der Waals surface area contributed by atoms with Crippen LogP contribution in [0.2, 0.25) is 5.02 Å². The first kappa shape index (κ1) is 24.5. The van der Waals surface area contributed by atoms with Crippen LogP contribution in [0, 0.1) is 0 Å². The van der Waals surface area contributed by atoms with E-state index in [-0.39, 0.29) is 23.9 Å². The first-order valence-electron chi connectivity index (χ1n) is 10.1. The van der Waals surface area contributed by atoms with Gasteiger partial charge in [-0.15, -0.1) is 0 Å². The minimum absolute atomic E-state index is 0.220. The largest absolute Gasteiger partial charge is 0.497 e. The van der Waals surface area contributed by atoms with Crippen molar-refractivity contribution in [3.05, 3.63) is 77.4 Å². The van der Waals surface area contributed by atoms with Gasteiger partial charge in [0, 0.05) is 18.0 Å². The lowest BCUT2D eigenvalue weighted by Crippen LogP contribution is -2.30. The SMILES string of the molecule is COc1cccc(NC(=O)COc2ccc(C(=O)OC(C)C(=O)Nc3ccc(Cl)cn3)cc2)c1. The summed E-state index contributed by atoms with van der Waals surface area (Å²) < 4.78 is 15.8. The molecule has 0 aliphatic carbocycles. The fourth-order valence-corrected chi connectivity index (χ4v) is 2.81. The van der Waals surface area contributed by atoms with Crippen molar-refractivity contribution in [3.8, 4) is 11.5 Å². The lowest BCUT2D eigenvalue weighted by Gasteiger charge is -2.13. The van der Waals surface area contributed by atoms with Gasteiger partial charge in [0.1, 0.15) is 17.3 Å². The van der Waals surface area contributed by atoms with Gasteiger partial charge < -0.3 is 24.8 Å². The normalized spacial score (nSPS) is 11.1. The summed E-state index contributed by atoms with van der Waals surface area (Å²) in [6, 6.07) is 16.0. The number of methoxy groups -OCH3 is 1. The summed E-state index contributed by atoms with van der Waals surface area (Å²) in [4.78, 5) is 40.6. The van der Waals surface area contributed by atoms with Gasteiger partial charge in [0.25, 0.3) is 11.8 Å². The number of nitrogens with zero attached hydrogens (tertiary/aromatic N) is 1. The number of carbonyl (C=O) groups is 3. The van der Waals surface area contributed by atoms with Crippen LogP contribution in [0.25, 0.3) is 0 Å². The van der Waals surface area contributed by atoms with Crippen LogP contribution in [0.15, 0.2) is 66.9 Å². The number of pyridine rings is 1. The Morgan fingerprint density at radius 2 is 1.76 bits per heavy atom. The van der Waals surface area contributed by atoms with Crippen molar-refractivity contribution < 1.29 is 28.6 Å². The zero-order valence-corrected chi connectivity index (χ0v) is 19.2. The molecule has 0 radical (unpaired) electrons. The molecule has 1 heterocycles. The first-order valence-corrected chi connectivity index (χ1v) is 10.5. The molecule has 10 heteroatoms. The quantitative estimate of drug-likeness (QED) is 0.443. The minimum Gasteiger partial charge on any atom is -0.497 e. The Labute approximate surface area is 201 Å². The lowest BCUT2D eigenvalue weighted by molar-refractivity contribution is -0.123. The maximum Gasteiger partial charge on any atom is 0.338 e. The molecule has 0 saturated carbocycles. The molecular weight excluding hydrogens is 462 g/mol. The molecule has 9 nitrogen and oxygen atoms in total. The van der Waals surface area contributed by atoms with Crippen LogP contribution in [0.3, 0.4) is 0 Å². The number of ether oxygens (including phenoxy) is 3. The number of amides is 2. The average molecular weight is 484 g/mol. The summed E-state index contributed by atoms with van der Waals surface area (Å²) in [5.41, 5.74) is 0.800. The summed E-state index contributed by atoms with van der Waals surface area (Å²) >= 11 is 5.76. The van der Waals surface area contributed by atoms with E-state index in [1.807, 2.05) is 0 Å². The van der Waals surface area contributed by atoms with Crippen LogP contribution in [0.4, 0.5) is 11.5 Å². The highest BCUT2D eigenvalue weighted by Crippen LogP contribution is 2.17. The molecule has 1 atom stereocenters. The van der Waals surface area contributed by atoms with Crippen molar-refractivity contribution in [1.82, 2.24) is 4.98 Å². The molecule has 0 saturated heterocycles. The van der Waals surface area contributed by atoms with Gasteiger partial charge in [0.15, 0.2) is 12.7 Å². The standard InChI is InChI=1S/C24H22ClN3O6/c1-15(23(30)28-21-11-8-17(25)13-26-21)34-24(31)16-6-9-19(10-7-16)33-14-22(29)27-18-4-3-5-20(12-18)32-2/h3-13,15H,14H2,1-2H3,(H,27,29)(H,26,28,30). The molecule has 3 aromatic rings. The van der Waals surface area contributed by atoms with Crippen molar-refractivity contribution in [2.24, 2.45) is 0 Å². The summed E-state index contributed by atoms with van der Waals surface area (Å²) in [5, 5.41) is 5.67. The van der Waals surface area contributed by atoms with Gasteiger partial charge >= 0.3 is 5.97 Å². The molecule has 0 spiro atoms. The molecule has 0 aliphatic heterocycles. The Morgan fingerprint density at radius 3 is 2.44 bits per heavy atom. The van der Waals surface area contributed by atoms with E-state index in [4.69, 9.17) is 25.8 Å². The summed E-state index contributed by atoms with van der Waals surface area (Å²) in [6.07, 6.45) is 0.334. The topological polar surface area (TPSA) is 116 Å². The van der Waals surface area contributed by atoms with E-state index >= 15 is 0 Å². The molecule has 2 aromatic carbocycles. The molecule has 2 N–H and O–H groups in total. The molecule has 1 aromatic heterocycles. The van der Waals surface area contributed by atoms with Gasteiger partial charge in [-0.3, -0.25) is 9.59 Å².